The lowest BCUT2D eigenvalue weighted by atomic mass is 10.1. The summed E-state index contributed by atoms with van der Waals surface area (Å²) in [5.74, 6) is -3.64. The van der Waals surface area contributed by atoms with Gasteiger partial charge in [-0.25, -0.2) is 9.59 Å². The number of rotatable bonds is 7. The molecule has 2 N–H and O–H groups in total. The molecular formula is C13H15NO7S2. The molecule has 8 nitrogen and oxygen atoms in total. The maximum absolute atomic E-state index is 12.3. The molecule has 0 aromatic heterocycles. The van der Waals surface area contributed by atoms with E-state index in [-0.39, 0.29) is 18.4 Å². The minimum atomic E-state index is -1.33. The summed E-state index contributed by atoms with van der Waals surface area (Å²) < 4.78 is 9.39. The third-order valence-corrected chi connectivity index (χ3v) is 4.83. The van der Waals surface area contributed by atoms with Crippen LogP contribution in [-0.2, 0) is 28.7 Å². The van der Waals surface area contributed by atoms with Gasteiger partial charge < -0.3 is 19.9 Å². The van der Waals surface area contributed by atoms with Crippen molar-refractivity contribution in [2.75, 3.05) is 14.2 Å². The lowest BCUT2D eigenvalue weighted by molar-refractivity contribution is -0.145. The molecule has 0 radical (unpaired) electrons. The molecule has 0 fully saturated rings. The Morgan fingerprint density at radius 1 is 1.17 bits per heavy atom. The summed E-state index contributed by atoms with van der Waals surface area (Å²) in [6.45, 7) is 0. The summed E-state index contributed by atoms with van der Waals surface area (Å²) in [5, 5.41) is 14.7. The number of carbonyl (C=O) groups is 4. The highest BCUT2D eigenvalue weighted by molar-refractivity contribution is 8.27. The molecule has 1 heterocycles. The minimum absolute atomic E-state index is 0.157. The Morgan fingerprint density at radius 2 is 1.78 bits per heavy atom. The second-order valence-electron chi connectivity index (χ2n) is 4.14. The van der Waals surface area contributed by atoms with Crippen LogP contribution in [0, 0.1) is 0 Å². The highest BCUT2D eigenvalue weighted by Gasteiger charge is 2.29. The lowest BCUT2D eigenvalue weighted by Crippen LogP contribution is -2.43. The number of aliphatic carboxylic acids is 1. The number of ether oxygens (including phenoxy) is 2. The van der Waals surface area contributed by atoms with E-state index in [1.54, 1.807) is 10.8 Å². The average molecular weight is 361 g/mol. The van der Waals surface area contributed by atoms with Crippen LogP contribution < -0.4 is 5.32 Å². The molecule has 0 saturated carbocycles. The Kier molecular flexibility index (Phi) is 7.69. The van der Waals surface area contributed by atoms with E-state index in [9.17, 15) is 19.2 Å². The number of hydrogen-bond donors (Lipinski definition) is 2. The van der Waals surface area contributed by atoms with Gasteiger partial charge in [-0.05, 0) is 17.2 Å². The van der Waals surface area contributed by atoms with Crippen molar-refractivity contribution in [3.63, 3.8) is 0 Å². The monoisotopic (exact) mass is 361 g/mol. The highest BCUT2D eigenvalue weighted by Crippen LogP contribution is 2.40. The summed E-state index contributed by atoms with van der Waals surface area (Å²) in [6, 6.07) is -1.33. The van der Waals surface area contributed by atoms with Crippen LogP contribution in [0.2, 0.25) is 0 Å². The van der Waals surface area contributed by atoms with Gasteiger partial charge in [0.25, 0.3) is 5.91 Å². The third kappa shape index (κ3) is 5.64. The molecule has 1 rings (SSSR count). The van der Waals surface area contributed by atoms with Gasteiger partial charge in [0, 0.05) is 6.42 Å². The van der Waals surface area contributed by atoms with E-state index in [0.29, 0.717) is 4.24 Å². The maximum Gasteiger partial charge on any atom is 0.345 e. The Bertz CT molecular complexity index is 561. The zero-order valence-corrected chi connectivity index (χ0v) is 14.0. The van der Waals surface area contributed by atoms with Crippen molar-refractivity contribution in [2.45, 2.75) is 18.9 Å². The molecule has 0 aromatic rings. The first-order valence-corrected chi connectivity index (χ1v) is 8.08. The smallest absolute Gasteiger partial charge is 0.345 e. The summed E-state index contributed by atoms with van der Waals surface area (Å²) in [7, 11) is 2.30. The van der Waals surface area contributed by atoms with E-state index in [1.165, 1.54) is 7.11 Å². The van der Waals surface area contributed by atoms with E-state index in [0.717, 1.165) is 30.6 Å². The number of carboxylic acid groups (broad SMARTS) is 1. The topological polar surface area (TPSA) is 119 Å². The minimum Gasteiger partial charge on any atom is -0.480 e. The Labute approximate surface area is 140 Å². The van der Waals surface area contributed by atoms with Gasteiger partial charge in [0.15, 0.2) is 0 Å². The zero-order chi connectivity index (χ0) is 17.4. The first-order valence-electron chi connectivity index (χ1n) is 6.32. The number of amides is 1. The summed E-state index contributed by atoms with van der Waals surface area (Å²) in [4.78, 5) is 46.3. The molecule has 0 spiro atoms. The average Bonchev–Trinajstić information content (AvgIpc) is 3.04. The SMILES string of the molecule is COC(=O)CCC(NC(=O)C(C(=O)OC)=C1SC=CS1)C(=O)O. The number of nitrogens with one attached hydrogen (secondary N) is 1. The van der Waals surface area contributed by atoms with Gasteiger partial charge >= 0.3 is 17.9 Å². The molecule has 126 valence electrons. The molecule has 1 unspecified atom stereocenters. The van der Waals surface area contributed by atoms with Crippen LogP contribution in [0.15, 0.2) is 20.6 Å². The second-order valence-corrected chi connectivity index (χ2v) is 6.23. The van der Waals surface area contributed by atoms with Gasteiger partial charge in [0.1, 0.15) is 11.6 Å². The van der Waals surface area contributed by atoms with Crippen molar-refractivity contribution in [3.8, 4) is 0 Å². The van der Waals surface area contributed by atoms with Crippen molar-refractivity contribution in [3.05, 3.63) is 20.6 Å². The Balaban J connectivity index is 2.86. The highest BCUT2D eigenvalue weighted by atomic mass is 32.2. The van der Waals surface area contributed by atoms with Crippen LogP contribution in [0.4, 0.5) is 0 Å². The number of thioether (sulfide) groups is 2. The number of carboxylic acids is 1. The molecule has 0 aliphatic carbocycles. The van der Waals surface area contributed by atoms with Gasteiger partial charge in [0.05, 0.1) is 18.5 Å². The molecule has 0 bridgehead atoms. The summed E-state index contributed by atoms with van der Waals surface area (Å²) >= 11 is 2.32. The third-order valence-electron chi connectivity index (χ3n) is 2.69. The molecular weight excluding hydrogens is 346 g/mol. The molecule has 1 atom stereocenters. The number of carbonyl (C=O) groups excluding carboxylic acids is 3. The number of esters is 2. The summed E-state index contributed by atoms with van der Waals surface area (Å²) in [6.07, 6.45) is -0.334. The van der Waals surface area contributed by atoms with E-state index < -0.39 is 29.9 Å². The van der Waals surface area contributed by atoms with Crippen LogP contribution in [0.25, 0.3) is 0 Å². The van der Waals surface area contributed by atoms with E-state index in [1.807, 2.05) is 0 Å². The Morgan fingerprint density at radius 3 is 2.26 bits per heavy atom. The predicted octanol–water partition coefficient (Wildman–Crippen LogP) is 0.845. The zero-order valence-electron chi connectivity index (χ0n) is 12.4. The molecule has 0 aromatic carbocycles. The summed E-state index contributed by atoms with van der Waals surface area (Å²) in [5.41, 5.74) is -0.267. The van der Waals surface area contributed by atoms with Crippen LogP contribution in [0.3, 0.4) is 0 Å². The molecule has 10 heteroatoms. The predicted molar refractivity (Wildman–Crippen MR) is 84.2 cm³/mol. The van der Waals surface area contributed by atoms with Crippen LogP contribution >= 0.6 is 23.5 Å². The van der Waals surface area contributed by atoms with Gasteiger partial charge in [-0.3, -0.25) is 9.59 Å². The quantitative estimate of drug-likeness (QED) is 0.294. The van der Waals surface area contributed by atoms with Crippen molar-refractivity contribution in [1.29, 1.82) is 0 Å². The largest absolute Gasteiger partial charge is 0.480 e. The molecule has 23 heavy (non-hydrogen) atoms. The van der Waals surface area contributed by atoms with Gasteiger partial charge in [0.2, 0.25) is 0 Å². The van der Waals surface area contributed by atoms with Gasteiger partial charge in [-0.1, -0.05) is 23.5 Å². The van der Waals surface area contributed by atoms with Crippen LogP contribution in [0.5, 0.6) is 0 Å². The van der Waals surface area contributed by atoms with E-state index in [4.69, 9.17) is 5.11 Å². The molecule has 1 aliphatic rings. The fourth-order valence-corrected chi connectivity index (χ4v) is 3.38. The number of methoxy groups -OCH3 is 2. The van der Waals surface area contributed by atoms with Gasteiger partial charge in [-0.2, -0.15) is 0 Å². The normalized spacial score (nSPS) is 14.1. The molecule has 0 saturated heterocycles. The van der Waals surface area contributed by atoms with Gasteiger partial charge in [-0.15, -0.1) is 0 Å². The maximum atomic E-state index is 12.3. The first-order chi connectivity index (χ1) is 10.9. The fourth-order valence-electron chi connectivity index (χ4n) is 1.55. The van der Waals surface area contributed by atoms with Crippen LogP contribution in [-0.4, -0.2) is 49.2 Å². The van der Waals surface area contributed by atoms with Crippen LogP contribution in [0.1, 0.15) is 12.8 Å². The lowest BCUT2D eigenvalue weighted by Gasteiger charge is -2.15. The van der Waals surface area contributed by atoms with E-state index >= 15 is 0 Å². The van der Waals surface area contributed by atoms with Crippen molar-refractivity contribution in [2.24, 2.45) is 0 Å². The second kappa shape index (κ2) is 9.26. The van der Waals surface area contributed by atoms with Crippen molar-refractivity contribution >= 4 is 47.3 Å². The number of hydrogen-bond acceptors (Lipinski definition) is 8. The van der Waals surface area contributed by atoms with Crippen molar-refractivity contribution < 1.29 is 33.8 Å². The fraction of sp³-hybridized carbons (Fsp3) is 0.385. The molecule has 1 aliphatic heterocycles. The van der Waals surface area contributed by atoms with E-state index in [2.05, 4.69) is 14.8 Å². The Hall–Kier alpha value is -1.94. The first kappa shape index (κ1) is 19.1. The standard InChI is InChI=1S/C13H15NO7S2/c1-20-8(15)4-3-7(11(17)18)14-10(16)9(12(19)21-2)13-22-5-6-23-13/h5-7H,3-4H2,1-2H3,(H,14,16)(H,17,18). The molecule has 1 amide bonds. The van der Waals surface area contributed by atoms with Crippen molar-refractivity contribution in [1.82, 2.24) is 5.32 Å².